The Balaban J connectivity index is 0.000001000. The molecular formula is C15H16BrClNSiZn-. The smallest absolute Gasteiger partial charge is 0.150 e. The minimum absolute atomic E-state index is 0. The summed E-state index contributed by atoms with van der Waals surface area (Å²) in [6.07, 6.45) is 0. The molecule has 0 spiro atoms. The van der Waals surface area contributed by atoms with Crippen molar-refractivity contribution >= 4 is 58.4 Å². The minimum atomic E-state index is -1.44. The third kappa shape index (κ3) is 2.89. The molecule has 3 aromatic rings. The molecule has 0 saturated carbocycles. The molecule has 3 rings (SSSR count). The molecule has 0 fully saturated rings. The van der Waals surface area contributed by atoms with Crippen LogP contribution in [0.15, 0.2) is 40.9 Å². The van der Waals surface area contributed by atoms with Crippen molar-refractivity contribution in [2.75, 3.05) is 0 Å². The number of hydrogen-bond acceptors (Lipinski definition) is 0. The summed E-state index contributed by atoms with van der Waals surface area (Å²) in [5.74, 6) is 0. The molecule has 0 aliphatic carbocycles. The van der Waals surface area contributed by atoms with E-state index in [4.69, 9.17) is 0 Å². The Hall–Kier alpha value is -0.150. The maximum atomic E-state index is 3.57. The van der Waals surface area contributed by atoms with E-state index in [1.807, 2.05) is 6.07 Å². The van der Waals surface area contributed by atoms with Crippen molar-refractivity contribution in [2.45, 2.75) is 19.6 Å². The van der Waals surface area contributed by atoms with Crippen molar-refractivity contribution in [1.29, 1.82) is 0 Å². The van der Waals surface area contributed by atoms with Crippen molar-refractivity contribution in [2.24, 2.45) is 0 Å². The van der Waals surface area contributed by atoms with Crippen LogP contribution in [0.3, 0.4) is 0 Å². The van der Waals surface area contributed by atoms with E-state index >= 15 is 0 Å². The summed E-state index contributed by atoms with van der Waals surface area (Å²) in [5.41, 5.74) is 2.67. The summed E-state index contributed by atoms with van der Waals surface area (Å²) in [6, 6.07) is 16.0. The van der Waals surface area contributed by atoms with Gasteiger partial charge in [0.1, 0.15) is 0 Å². The summed E-state index contributed by atoms with van der Waals surface area (Å²) < 4.78 is 3.67. The number of nitrogens with zero attached hydrogens (tertiary/aromatic N) is 1. The van der Waals surface area contributed by atoms with Gasteiger partial charge in [-0.15, -0.1) is 23.9 Å². The van der Waals surface area contributed by atoms with Crippen LogP contribution in [0, 0.1) is 6.07 Å². The Morgan fingerprint density at radius 3 is 2.35 bits per heavy atom. The first-order valence-electron chi connectivity index (χ1n) is 6.09. The van der Waals surface area contributed by atoms with Crippen LogP contribution in [0.4, 0.5) is 0 Å². The van der Waals surface area contributed by atoms with Crippen molar-refractivity contribution < 1.29 is 19.5 Å². The van der Waals surface area contributed by atoms with Gasteiger partial charge >= 0.3 is 0 Å². The molecule has 5 heteroatoms. The first kappa shape index (κ1) is 17.9. The van der Waals surface area contributed by atoms with E-state index in [0.29, 0.717) is 0 Å². The Morgan fingerprint density at radius 1 is 1.05 bits per heavy atom. The Bertz CT molecular complexity index is 749. The molecule has 0 bridgehead atoms. The van der Waals surface area contributed by atoms with Crippen LogP contribution in [0.1, 0.15) is 0 Å². The van der Waals surface area contributed by atoms with Crippen molar-refractivity contribution in [3.05, 3.63) is 46.9 Å². The predicted molar refractivity (Wildman–Crippen MR) is 92.0 cm³/mol. The van der Waals surface area contributed by atoms with Gasteiger partial charge in [0.05, 0.1) is 0 Å². The third-order valence-corrected chi connectivity index (χ3v) is 5.56. The number of aromatic nitrogens is 1. The van der Waals surface area contributed by atoms with Gasteiger partial charge in [-0.1, -0.05) is 47.2 Å². The molecule has 2 aromatic carbocycles. The van der Waals surface area contributed by atoms with E-state index in [2.05, 4.69) is 76.2 Å². The predicted octanol–water partition coefficient (Wildman–Crippen LogP) is 5.46. The van der Waals surface area contributed by atoms with Crippen LogP contribution in [-0.4, -0.2) is 12.5 Å². The first-order valence-corrected chi connectivity index (χ1v) is 10.3. The Morgan fingerprint density at radius 2 is 1.70 bits per heavy atom. The average Bonchev–Trinajstić information content (AvgIpc) is 2.62. The van der Waals surface area contributed by atoms with Gasteiger partial charge in [0.15, 0.2) is 8.24 Å². The molecule has 20 heavy (non-hydrogen) atoms. The molecule has 0 aliphatic rings. The second kappa shape index (κ2) is 6.31. The van der Waals surface area contributed by atoms with E-state index in [-0.39, 0.29) is 31.9 Å². The summed E-state index contributed by atoms with van der Waals surface area (Å²) >= 11 is 3.57. The van der Waals surface area contributed by atoms with Crippen LogP contribution in [-0.2, 0) is 19.5 Å². The summed E-state index contributed by atoms with van der Waals surface area (Å²) in [5, 5.41) is 2.62. The Labute approximate surface area is 148 Å². The van der Waals surface area contributed by atoms with Gasteiger partial charge < -0.3 is 4.23 Å². The van der Waals surface area contributed by atoms with Gasteiger partial charge in [-0.2, -0.15) is 18.2 Å². The second-order valence-corrected chi connectivity index (χ2v) is 11.3. The van der Waals surface area contributed by atoms with Crippen molar-refractivity contribution in [3.63, 3.8) is 0 Å². The van der Waals surface area contributed by atoms with Crippen LogP contribution >= 0.6 is 28.3 Å². The van der Waals surface area contributed by atoms with E-state index in [9.17, 15) is 0 Å². The van der Waals surface area contributed by atoms with Crippen molar-refractivity contribution in [3.8, 4) is 0 Å². The molecule has 0 saturated heterocycles. The number of halogens is 2. The SMILES string of the molecule is C[Si](C)(C)n1c2cc[c-]cc2c2cc(Br)ccc21.Cl.[Zn]. The molecule has 1 heterocycles. The van der Waals surface area contributed by atoms with Crippen LogP contribution in [0.25, 0.3) is 21.8 Å². The molecule has 0 N–H and O–H groups in total. The zero-order valence-electron chi connectivity index (χ0n) is 11.9. The van der Waals surface area contributed by atoms with E-state index in [0.717, 1.165) is 4.47 Å². The van der Waals surface area contributed by atoms with Gasteiger partial charge in [-0.05, 0) is 17.5 Å². The maximum Gasteiger partial charge on any atom is 0.150 e. The molecule has 1 nitrogen and oxygen atoms in total. The normalized spacial score (nSPS) is 11.2. The second-order valence-electron chi connectivity index (χ2n) is 5.61. The van der Waals surface area contributed by atoms with Gasteiger partial charge in [0.25, 0.3) is 0 Å². The zero-order valence-corrected chi connectivity index (χ0v) is 18.3. The largest absolute Gasteiger partial charge is 0.390 e. The summed E-state index contributed by atoms with van der Waals surface area (Å²) in [4.78, 5) is 0. The van der Waals surface area contributed by atoms with E-state index < -0.39 is 8.24 Å². The maximum absolute atomic E-state index is 3.57. The number of hydrogen-bond donors (Lipinski definition) is 0. The van der Waals surface area contributed by atoms with Gasteiger partial charge in [-0.25, -0.2) is 0 Å². The molecule has 102 valence electrons. The van der Waals surface area contributed by atoms with E-state index in [1.54, 1.807) is 0 Å². The minimum Gasteiger partial charge on any atom is -0.390 e. The zero-order chi connectivity index (χ0) is 12.9. The molecule has 0 amide bonds. The standard InChI is InChI=1S/C15H15BrNSi.ClH.Zn/c1-18(2,3)17-14-7-5-4-6-12(14)13-10-11(16)8-9-15(13)17;;/h5-10H,1-3H3;1H;/q-1;;. The fourth-order valence-electron chi connectivity index (χ4n) is 2.60. The fraction of sp³-hybridized carbons (Fsp3) is 0.200. The van der Waals surface area contributed by atoms with Gasteiger partial charge in [-0.3, -0.25) is 0 Å². The Kier molecular flexibility index (Phi) is 5.65. The first-order chi connectivity index (χ1) is 8.48. The van der Waals surface area contributed by atoms with E-state index in [1.165, 1.54) is 21.8 Å². The molecule has 1 aromatic heterocycles. The third-order valence-electron chi connectivity index (χ3n) is 3.24. The molecule has 0 radical (unpaired) electrons. The number of benzene rings is 2. The number of rotatable bonds is 1. The molecule has 0 unspecified atom stereocenters. The average molecular weight is 419 g/mol. The molecule has 0 aliphatic heterocycles. The van der Waals surface area contributed by atoms with Gasteiger partial charge in [0.2, 0.25) is 0 Å². The van der Waals surface area contributed by atoms with Crippen LogP contribution < -0.4 is 0 Å². The molecule has 0 atom stereocenters. The summed E-state index contributed by atoms with van der Waals surface area (Å²) in [7, 11) is -1.44. The fourth-order valence-corrected chi connectivity index (χ4v) is 4.80. The van der Waals surface area contributed by atoms with Crippen LogP contribution in [0.5, 0.6) is 0 Å². The number of fused-ring (bicyclic) bond motifs is 3. The monoisotopic (exact) mass is 416 g/mol. The van der Waals surface area contributed by atoms with Crippen LogP contribution in [0.2, 0.25) is 19.6 Å². The summed E-state index contributed by atoms with van der Waals surface area (Å²) in [6.45, 7) is 7.14. The quantitative estimate of drug-likeness (QED) is 0.365. The van der Waals surface area contributed by atoms with Gasteiger partial charge in [0, 0.05) is 29.5 Å². The van der Waals surface area contributed by atoms with Crippen molar-refractivity contribution in [1.82, 2.24) is 4.23 Å². The topological polar surface area (TPSA) is 4.93 Å². The molecular weight excluding hydrogens is 403 g/mol.